The zero-order valence-corrected chi connectivity index (χ0v) is 11.0. The lowest BCUT2D eigenvalue weighted by Gasteiger charge is -2.17. The van der Waals surface area contributed by atoms with E-state index in [1.807, 2.05) is 0 Å². The lowest BCUT2D eigenvalue weighted by Crippen LogP contribution is -2.29. The van der Waals surface area contributed by atoms with Crippen LogP contribution in [0, 0.1) is 0 Å². The Hall–Kier alpha value is -0.220. The Labute approximate surface area is 97.3 Å². The average Bonchev–Trinajstić information content (AvgIpc) is 2.22. The van der Waals surface area contributed by atoms with Crippen molar-refractivity contribution < 1.29 is 9.53 Å². The highest BCUT2D eigenvalue weighted by atomic mass is 32.2. The van der Waals surface area contributed by atoms with Gasteiger partial charge in [0, 0.05) is 11.3 Å². The van der Waals surface area contributed by atoms with Crippen molar-refractivity contribution in [2.24, 2.45) is 0 Å². The van der Waals surface area contributed by atoms with Crippen LogP contribution in [0.2, 0.25) is 0 Å². The quantitative estimate of drug-likeness (QED) is 0.651. The summed E-state index contributed by atoms with van der Waals surface area (Å²) in [6.07, 6.45) is 2.25. The molecule has 0 aliphatic heterocycles. The molecule has 4 heteroatoms. The minimum Gasteiger partial charge on any atom is -0.468 e. The molecule has 0 heterocycles. The summed E-state index contributed by atoms with van der Waals surface area (Å²) in [4.78, 5) is 10.9. The van der Waals surface area contributed by atoms with Gasteiger partial charge in [-0.3, -0.25) is 4.79 Å². The summed E-state index contributed by atoms with van der Waals surface area (Å²) in [5, 5.41) is 3.92. The molecule has 2 atom stereocenters. The van der Waals surface area contributed by atoms with Crippen LogP contribution >= 0.6 is 11.8 Å². The molecule has 2 unspecified atom stereocenters. The second-order valence-corrected chi connectivity index (χ2v) is 5.22. The van der Waals surface area contributed by atoms with Crippen molar-refractivity contribution in [3.05, 3.63) is 0 Å². The summed E-state index contributed by atoms with van der Waals surface area (Å²) in [5.41, 5.74) is 0. The largest absolute Gasteiger partial charge is 0.468 e. The molecular weight excluding hydrogens is 210 g/mol. The van der Waals surface area contributed by atoms with Gasteiger partial charge in [0.1, 0.15) is 0 Å². The van der Waals surface area contributed by atoms with Crippen LogP contribution in [0.1, 0.15) is 33.6 Å². The first kappa shape index (κ1) is 14.8. The smallest absolute Gasteiger partial charge is 0.315 e. The number of hydrogen-bond donors (Lipinski definition) is 1. The van der Waals surface area contributed by atoms with E-state index < -0.39 is 0 Å². The number of nitrogens with one attached hydrogen (secondary N) is 1. The molecule has 0 aromatic heterocycles. The normalized spacial score (nSPS) is 14.7. The van der Waals surface area contributed by atoms with Gasteiger partial charge in [-0.1, -0.05) is 13.8 Å². The molecular formula is C11H23NO2S. The lowest BCUT2D eigenvalue weighted by molar-refractivity contribution is -0.137. The van der Waals surface area contributed by atoms with Crippen LogP contribution < -0.4 is 5.32 Å². The second-order valence-electron chi connectivity index (χ2n) is 3.79. The summed E-state index contributed by atoms with van der Waals surface area (Å²) >= 11 is 1.66. The van der Waals surface area contributed by atoms with Crippen molar-refractivity contribution in [1.29, 1.82) is 0 Å². The van der Waals surface area contributed by atoms with Crippen LogP contribution in [0.3, 0.4) is 0 Å². The van der Waals surface area contributed by atoms with Gasteiger partial charge in [-0.05, 0) is 26.3 Å². The summed E-state index contributed by atoms with van der Waals surface area (Å²) in [7, 11) is 1.43. The maximum Gasteiger partial charge on any atom is 0.315 e. The number of thioether (sulfide) groups is 1. The molecule has 0 amide bonds. The Morgan fingerprint density at radius 2 is 2.13 bits per heavy atom. The Morgan fingerprint density at radius 3 is 2.67 bits per heavy atom. The molecule has 0 spiro atoms. The number of carbonyl (C=O) groups excluding carboxylic acids is 1. The molecule has 3 nitrogen and oxygen atoms in total. The fraction of sp³-hybridized carbons (Fsp3) is 0.909. The Balaban J connectivity index is 3.54. The SMILES string of the molecule is CCCNC(C)CC(C)SCC(=O)OC. The molecule has 1 N–H and O–H groups in total. The minimum absolute atomic E-state index is 0.138. The molecule has 0 aliphatic rings. The topological polar surface area (TPSA) is 38.3 Å². The predicted octanol–water partition coefficient (Wildman–Crippen LogP) is 2.06. The van der Waals surface area contributed by atoms with Crippen molar-refractivity contribution in [3.8, 4) is 0 Å². The highest BCUT2D eigenvalue weighted by Gasteiger charge is 2.10. The van der Waals surface area contributed by atoms with Gasteiger partial charge in [0.2, 0.25) is 0 Å². The van der Waals surface area contributed by atoms with E-state index >= 15 is 0 Å². The van der Waals surface area contributed by atoms with Crippen LogP contribution in [0.5, 0.6) is 0 Å². The zero-order chi connectivity index (χ0) is 11.7. The molecule has 15 heavy (non-hydrogen) atoms. The van der Waals surface area contributed by atoms with E-state index in [9.17, 15) is 4.79 Å². The second kappa shape index (κ2) is 9.04. The van der Waals surface area contributed by atoms with E-state index in [4.69, 9.17) is 0 Å². The van der Waals surface area contributed by atoms with Gasteiger partial charge < -0.3 is 10.1 Å². The molecule has 0 aromatic carbocycles. The maximum absolute atomic E-state index is 10.9. The van der Waals surface area contributed by atoms with E-state index in [0.29, 0.717) is 17.0 Å². The highest BCUT2D eigenvalue weighted by molar-refractivity contribution is 8.00. The first-order valence-electron chi connectivity index (χ1n) is 5.51. The highest BCUT2D eigenvalue weighted by Crippen LogP contribution is 2.15. The van der Waals surface area contributed by atoms with Gasteiger partial charge in [0.15, 0.2) is 0 Å². The fourth-order valence-corrected chi connectivity index (χ4v) is 2.27. The molecule has 90 valence electrons. The number of hydrogen-bond acceptors (Lipinski definition) is 4. The number of esters is 1. The first-order chi connectivity index (χ1) is 7.10. The van der Waals surface area contributed by atoms with Crippen molar-refractivity contribution in [3.63, 3.8) is 0 Å². The van der Waals surface area contributed by atoms with Crippen molar-refractivity contribution >= 4 is 17.7 Å². The molecule has 0 rings (SSSR count). The summed E-state index contributed by atoms with van der Waals surface area (Å²) in [5.74, 6) is 0.319. The van der Waals surface area contributed by atoms with Gasteiger partial charge >= 0.3 is 5.97 Å². The molecule has 0 bridgehead atoms. The average molecular weight is 233 g/mol. The summed E-state index contributed by atoms with van der Waals surface area (Å²) in [6.45, 7) is 7.56. The van der Waals surface area contributed by atoms with Crippen molar-refractivity contribution in [2.45, 2.75) is 44.9 Å². The Morgan fingerprint density at radius 1 is 1.47 bits per heavy atom. The predicted molar refractivity (Wildman–Crippen MR) is 66.3 cm³/mol. The summed E-state index contributed by atoms with van der Waals surface area (Å²) < 4.78 is 4.60. The van der Waals surface area contributed by atoms with Gasteiger partial charge in [-0.25, -0.2) is 0 Å². The number of methoxy groups -OCH3 is 1. The van der Waals surface area contributed by atoms with Crippen LogP contribution in [0.15, 0.2) is 0 Å². The Bertz CT molecular complexity index is 176. The fourth-order valence-electron chi connectivity index (χ4n) is 1.31. The molecule has 0 saturated carbocycles. The standard InChI is InChI=1S/C11H23NO2S/c1-5-6-12-9(2)7-10(3)15-8-11(13)14-4/h9-10,12H,5-8H2,1-4H3. The third-order valence-electron chi connectivity index (χ3n) is 2.14. The van der Waals surface area contributed by atoms with Gasteiger partial charge in [-0.15, -0.1) is 11.8 Å². The first-order valence-corrected chi connectivity index (χ1v) is 6.56. The monoisotopic (exact) mass is 233 g/mol. The van der Waals surface area contributed by atoms with Gasteiger partial charge in [0.05, 0.1) is 12.9 Å². The van der Waals surface area contributed by atoms with E-state index in [0.717, 1.165) is 19.4 Å². The van der Waals surface area contributed by atoms with Crippen molar-refractivity contribution in [1.82, 2.24) is 5.32 Å². The van der Waals surface area contributed by atoms with Crippen molar-refractivity contribution in [2.75, 3.05) is 19.4 Å². The summed E-state index contributed by atoms with van der Waals surface area (Å²) in [6, 6.07) is 0.519. The molecule has 0 aliphatic carbocycles. The minimum atomic E-state index is -0.138. The number of ether oxygens (including phenoxy) is 1. The van der Waals surface area contributed by atoms with E-state index in [2.05, 4.69) is 30.8 Å². The number of rotatable bonds is 8. The van der Waals surface area contributed by atoms with Gasteiger partial charge in [0.25, 0.3) is 0 Å². The molecule has 0 aromatic rings. The third kappa shape index (κ3) is 8.75. The molecule has 0 fully saturated rings. The molecule has 0 radical (unpaired) electrons. The van der Waals surface area contributed by atoms with Crippen LogP contribution in [-0.2, 0) is 9.53 Å². The zero-order valence-electron chi connectivity index (χ0n) is 10.2. The van der Waals surface area contributed by atoms with E-state index in [-0.39, 0.29) is 5.97 Å². The van der Waals surface area contributed by atoms with E-state index in [1.165, 1.54) is 7.11 Å². The van der Waals surface area contributed by atoms with Crippen LogP contribution in [0.4, 0.5) is 0 Å². The lowest BCUT2D eigenvalue weighted by atomic mass is 10.2. The van der Waals surface area contributed by atoms with Crippen LogP contribution in [-0.4, -0.2) is 36.7 Å². The maximum atomic E-state index is 10.9. The van der Waals surface area contributed by atoms with E-state index in [1.54, 1.807) is 11.8 Å². The third-order valence-corrected chi connectivity index (χ3v) is 3.31. The molecule has 0 saturated heterocycles. The number of carbonyl (C=O) groups is 1. The van der Waals surface area contributed by atoms with Crippen LogP contribution in [0.25, 0.3) is 0 Å². The van der Waals surface area contributed by atoms with Gasteiger partial charge in [-0.2, -0.15) is 0 Å². The Kier molecular flexibility index (Phi) is 8.91.